The van der Waals surface area contributed by atoms with E-state index in [2.05, 4.69) is 75.8 Å². The molecular weight excluding hydrogens is 458 g/mol. The molecule has 2 unspecified atom stereocenters. The summed E-state index contributed by atoms with van der Waals surface area (Å²) in [4.78, 5) is 18.2. The fourth-order valence-electron chi connectivity index (χ4n) is 5.92. The minimum absolute atomic E-state index is 0.114. The minimum atomic E-state index is -0.478. The largest absolute Gasteiger partial charge is 0.459 e. The Hall–Kier alpha value is -2.21. The predicted octanol–water partition coefficient (Wildman–Crippen LogP) is 5.47. The Balaban J connectivity index is 1.32. The van der Waals surface area contributed by atoms with Crippen molar-refractivity contribution in [3.05, 3.63) is 71.8 Å². The van der Waals surface area contributed by atoms with Gasteiger partial charge in [-0.1, -0.05) is 67.1 Å². The quantitative estimate of drug-likeness (QED) is 0.434. The first kappa shape index (κ1) is 27.8. The third kappa shape index (κ3) is 8.66. The van der Waals surface area contributed by atoms with E-state index in [-0.39, 0.29) is 18.1 Å². The first-order valence-corrected chi connectivity index (χ1v) is 14.4. The predicted molar refractivity (Wildman–Crippen MR) is 152 cm³/mol. The molecule has 0 aliphatic carbocycles. The highest BCUT2D eigenvalue weighted by Gasteiger charge is 2.37. The molecule has 0 aromatic heterocycles. The molecular formula is C32H47N3O2. The van der Waals surface area contributed by atoms with E-state index in [1.165, 1.54) is 56.3 Å². The number of benzene rings is 2. The maximum Gasteiger partial charge on any atom is 0.325 e. The number of likely N-dealkylation sites (tertiary alicyclic amines) is 1. The second-order valence-corrected chi connectivity index (χ2v) is 11.9. The summed E-state index contributed by atoms with van der Waals surface area (Å²) < 4.78 is 5.83. The number of nitrogens with zero attached hydrogens (tertiary/aromatic N) is 2. The SMILES string of the molecule is CC(C)(C)OC(=O)C1CNCCN1C(CCN1CCC(CCCc2ccccc2)CC1)c1ccccc1. The van der Waals surface area contributed by atoms with Gasteiger partial charge in [-0.2, -0.15) is 0 Å². The first-order valence-electron chi connectivity index (χ1n) is 14.4. The van der Waals surface area contributed by atoms with Gasteiger partial charge in [0.05, 0.1) is 0 Å². The summed E-state index contributed by atoms with van der Waals surface area (Å²) in [5.41, 5.74) is 2.28. The Morgan fingerprint density at radius 3 is 2.35 bits per heavy atom. The molecule has 2 aromatic carbocycles. The number of piperazine rings is 1. The van der Waals surface area contributed by atoms with E-state index < -0.39 is 5.60 Å². The number of hydrogen-bond donors (Lipinski definition) is 1. The summed E-state index contributed by atoms with van der Waals surface area (Å²) >= 11 is 0. The van der Waals surface area contributed by atoms with Crippen LogP contribution in [0.4, 0.5) is 0 Å². The number of ether oxygens (including phenoxy) is 1. The molecule has 2 fully saturated rings. The molecule has 2 aliphatic rings. The minimum Gasteiger partial charge on any atom is -0.459 e. The van der Waals surface area contributed by atoms with Crippen LogP contribution >= 0.6 is 0 Å². The van der Waals surface area contributed by atoms with Gasteiger partial charge in [0, 0.05) is 25.7 Å². The van der Waals surface area contributed by atoms with Crippen LogP contribution in [0.3, 0.4) is 0 Å². The number of hydrogen-bond acceptors (Lipinski definition) is 5. The van der Waals surface area contributed by atoms with Crippen LogP contribution in [0.15, 0.2) is 60.7 Å². The van der Waals surface area contributed by atoms with Gasteiger partial charge >= 0.3 is 5.97 Å². The van der Waals surface area contributed by atoms with Crippen LogP contribution in [0.1, 0.15) is 70.0 Å². The Bertz CT molecular complexity index is 936. The highest BCUT2D eigenvalue weighted by atomic mass is 16.6. The number of carbonyl (C=O) groups is 1. The van der Waals surface area contributed by atoms with Crippen LogP contribution in [-0.2, 0) is 16.0 Å². The van der Waals surface area contributed by atoms with Gasteiger partial charge in [-0.3, -0.25) is 9.69 Å². The summed E-state index contributed by atoms with van der Waals surface area (Å²) in [5.74, 6) is 0.742. The molecule has 0 saturated carbocycles. The zero-order valence-electron chi connectivity index (χ0n) is 23.2. The highest BCUT2D eigenvalue weighted by molar-refractivity contribution is 5.76. The molecule has 2 aromatic rings. The maximum absolute atomic E-state index is 13.2. The summed E-state index contributed by atoms with van der Waals surface area (Å²) in [6.45, 7) is 11.7. The van der Waals surface area contributed by atoms with Gasteiger partial charge in [-0.05, 0) is 89.6 Å². The standard InChI is InChI=1S/C32H47N3O2/c1-32(2,3)37-31(36)30-25-33-20-24-35(30)29(28-15-8-5-9-16-28)19-23-34-21-17-27(18-22-34)14-10-13-26-11-6-4-7-12-26/h4-9,11-12,15-16,27,29-30,33H,10,13-14,17-25H2,1-3H3. The number of piperidine rings is 1. The summed E-state index contributed by atoms with van der Waals surface area (Å²) in [7, 11) is 0. The van der Waals surface area contributed by atoms with Crippen LogP contribution < -0.4 is 5.32 Å². The lowest BCUT2D eigenvalue weighted by atomic mass is 9.90. The zero-order chi connectivity index (χ0) is 26.1. The molecule has 1 N–H and O–H groups in total. The van der Waals surface area contributed by atoms with Gasteiger partial charge in [-0.15, -0.1) is 0 Å². The van der Waals surface area contributed by atoms with E-state index in [0.29, 0.717) is 6.54 Å². The smallest absolute Gasteiger partial charge is 0.325 e. The van der Waals surface area contributed by atoms with Crippen molar-refractivity contribution < 1.29 is 9.53 Å². The lowest BCUT2D eigenvalue weighted by Crippen LogP contribution is -2.57. The molecule has 0 radical (unpaired) electrons. The second-order valence-electron chi connectivity index (χ2n) is 11.9. The maximum atomic E-state index is 13.2. The number of nitrogens with one attached hydrogen (secondary N) is 1. The monoisotopic (exact) mass is 505 g/mol. The van der Waals surface area contributed by atoms with Crippen LogP contribution in [-0.4, -0.2) is 66.7 Å². The van der Waals surface area contributed by atoms with Crippen molar-refractivity contribution in [2.45, 2.75) is 77.0 Å². The summed E-state index contributed by atoms with van der Waals surface area (Å²) in [6.07, 6.45) is 7.47. The van der Waals surface area contributed by atoms with Crippen molar-refractivity contribution in [3.8, 4) is 0 Å². The van der Waals surface area contributed by atoms with Crippen LogP contribution in [0.25, 0.3) is 0 Å². The van der Waals surface area contributed by atoms with Crippen molar-refractivity contribution >= 4 is 5.97 Å². The molecule has 37 heavy (non-hydrogen) atoms. The Morgan fingerprint density at radius 2 is 1.68 bits per heavy atom. The third-order valence-corrected chi connectivity index (χ3v) is 7.89. The Kier molecular flexibility index (Phi) is 10.2. The molecule has 4 rings (SSSR count). The van der Waals surface area contributed by atoms with Gasteiger partial charge in [0.25, 0.3) is 0 Å². The Labute approximate surface area is 224 Å². The first-order chi connectivity index (χ1) is 17.9. The van der Waals surface area contributed by atoms with E-state index in [1.54, 1.807) is 0 Å². The van der Waals surface area contributed by atoms with Crippen molar-refractivity contribution in [2.75, 3.05) is 39.3 Å². The number of esters is 1. The van der Waals surface area contributed by atoms with E-state index in [0.717, 1.165) is 32.0 Å². The molecule has 2 aliphatic heterocycles. The third-order valence-electron chi connectivity index (χ3n) is 7.89. The van der Waals surface area contributed by atoms with Crippen LogP contribution in [0.2, 0.25) is 0 Å². The zero-order valence-corrected chi connectivity index (χ0v) is 23.2. The van der Waals surface area contributed by atoms with E-state index in [4.69, 9.17) is 4.74 Å². The van der Waals surface area contributed by atoms with Crippen molar-refractivity contribution in [1.82, 2.24) is 15.1 Å². The second kappa shape index (κ2) is 13.5. The summed E-state index contributed by atoms with van der Waals surface area (Å²) in [5, 5.41) is 3.42. The molecule has 0 bridgehead atoms. The van der Waals surface area contributed by atoms with Crippen molar-refractivity contribution in [1.29, 1.82) is 0 Å². The average Bonchev–Trinajstić information content (AvgIpc) is 2.90. The topological polar surface area (TPSA) is 44.8 Å². The normalized spacial score (nSPS) is 21.0. The fraction of sp³-hybridized carbons (Fsp3) is 0.594. The van der Waals surface area contributed by atoms with Gasteiger partial charge < -0.3 is 15.0 Å². The molecule has 0 spiro atoms. The van der Waals surface area contributed by atoms with Crippen molar-refractivity contribution in [3.63, 3.8) is 0 Å². The molecule has 5 heteroatoms. The van der Waals surface area contributed by atoms with E-state index in [9.17, 15) is 4.79 Å². The van der Waals surface area contributed by atoms with Crippen molar-refractivity contribution in [2.24, 2.45) is 5.92 Å². The molecule has 0 amide bonds. The Morgan fingerprint density at radius 1 is 1.00 bits per heavy atom. The van der Waals surface area contributed by atoms with E-state index >= 15 is 0 Å². The van der Waals surface area contributed by atoms with Crippen LogP contribution in [0, 0.1) is 5.92 Å². The number of rotatable bonds is 10. The molecule has 2 atom stereocenters. The highest BCUT2D eigenvalue weighted by Crippen LogP contribution is 2.30. The number of carbonyl (C=O) groups excluding carboxylic acids is 1. The molecule has 2 saturated heterocycles. The molecule has 2 heterocycles. The van der Waals surface area contributed by atoms with Gasteiger partial charge in [0.1, 0.15) is 11.6 Å². The van der Waals surface area contributed by atoms with Crippen LogP contribution in [0.5, 0.6) is 0 Å². The molecule has 202 valence electrons. The fourth-order valence-corrected chi connectivity index (χ4v) is 5.92. The van der Waals surface area contributed by atoms with Gasteiger partial charge in [0.15, 0.2) is 0 Å². The van der Waals surface area contributed by atoms with Gasteiger partial charge in [-0.25, -0.2) is 0 Å². The van der Waals surface area contributed by atoms with Gasteiger partial charge in [0.2, 0.25) is 0 Å². The lowest BCUT2D eigenvalue weighted by Gasteiger charge is -2.42. The summed E-state index contributed by atoms with van der Waals surface area (Å²) in [6, 6.07) is 21.6. The molecule has 5 nitrogen and oxygen atoms in total. The van der Waals surface area contributed by atoms with E-state index in [1.807, 2.05) is 20.8 Å². The lowest BCUT2D eigenvalue weighted by molar-refractivity contribution is -0.163. The average molecular weight is 506 g/mol. The number of aryl methyl sites for hydroxylation is 1.